The zero-order valence-corrected chi connectivity index (χ0v) is 11.6. The molecule has 0 bridgehead atoms. The monoisotopic (exact) mass is 309 g/mol. The predicted octanol–water partition coefficient (Wildman–Crippen LogP) is 2.86. The first-order valence-electron chi connectivity index (χ1n) is 6.26. The van der Waals surface area contributed by atoms with E-state index in [1.165, 1.54) is 0 Å². The number of nitrogen functional groups attached to an aromatic ring is 1. The van der Waals surface area contributed by atoms with Gasteiger partial charge in [0.1, 0.15) is 0 Å². The Bertz CT molecular complexity index is 573. The third-order valence-electron chi connectivity index (χ3n) is 3.71. The van der Waals surface area contributed by atoms with E-state index in [9.17, 15) is 5.11 Å². The van der Waals surface area contributed by atoms with E-state index in [0.717, 1.165) is 41.2 Å². The van der Waals surface area contributed by atoms with Crippen molar-refractivity contribution in [1.29, 1.82) is 0 Å². The van der Waals surface area contributed by atoms with Gasteiger partial charge < -0.3 is 15.4 Å². The van der Waals surface area contributed by atoms with E-state index in [1.54, 1.807) is 0 Å². The Morgan fingerprint density at radius 2 is 2.00 bits per heavy atom. The van der Waals surface area contributed by atoms with E-state index in [0.29, 0.717) is 12.0 Å². The van der Waals surface area contributed by atoms with Crippen LogP contribution in [0.25, 0.3) is 11.0 Å². The average Bonchev–Trinajstić information content (AvgIpc) is 2.65. The molecule has 1 aliphatic carbocycles. The second kappa shape index (κ2) is 4.55. The molecule has 3 rings (SSSR count). The van der Waals surface area contributed by atoms with E-state index in [1.807, 2.05) is 18.2 Å². The summed E-state index contributed by atoms with van der Waals surface area (Å²) < 4.78 is 3.13. The van der Waals surface area contributed by atoms with Crippen LogP contribution in [0.1, 0.15) is 31.7 Å². The van der Waals surface area contributed by atoms with Crippen molar-refractivity contribution in [2.24, 2.45) is 0 Å². The van der Waals surface area contributed by atoms with Gasteiger partial charge in [0.2, 0.25) is 5.95 Å². The van der Waals surface area contributed by atoms with Gasteiger partial charge in [-0.05, 0) is 43.9 Å². The quantitative estimate of drug-likeness (QED) is 0.851. The summed E-state index contributed by atoms with van der Waals surface area (Å²) in [5.74, 6) is 0.574. The molecule has 0 radical (unpaired) electrons. The minimum absolute atomic E-state index is 0.147. The van der Waals surface area contributed by atoms with E-state index in [2.05, 4.69) is 25.5 Å². The molecule has 1 fully saturated rings. The van der Waals surface area contributed by atoms with Gasteiger partial charge in [-0.15, -0.1) is 0 Å². The van der Waals surface area contributed by atoms with Gasteiger partial charge in [-0.25, -0.2) is 4.98 Å². The van der Waals surface area contributed by atoms with Gasteiger partial charge >= 0.3 is 0 Å². The molecule has 2 aromatic rings. The predicted molar refractivity (Wildman–Crippen MR) is 75.4 cm³/mol. The maximum atomic E-state index is 9.58. The first kappa shape index (κ1) is 12.0. The van der Waals surface area contributed by atoms with Crippen LogP contribution in [0.3, 0.4) is 0 Å². The number of rotatable bonds is 1. The van der Waals surface area contributed by atoms with Crippen molar-refractivity contribution >= 4 is 32.9 Å². The van der Waals surface area contributed by atoms with Crippen LogP contribution in [0.2, 0.25) is 0 Å². The molecule has 4 nitrogen and oxygen atoms in total. The minimum Gasteiger partial charge on any atom is -0.393 e. The molecule has 96 valence electrons. The summed E-state index contributed by atoms with van der Waals surface area (Å²) in [7, 11) is 0. The van der Waals surface area contributed by atoms with E-state index in [4.69, 9.17) is 5.73 Å². The van der Waals surface area contributed by atoms with Gasteiger partial charge in [0.25, 0.3) is 0 Å². The maximum absolute atomic E-state index is 9.58. The normalized spacial score (nSPS) is 24.6. The lowest BCUT2D eigenvalue weighted by molar-refractivity contribution is 0.112. The lowest BCUT2D eigenvalue weighted by Gasteiger charge is -2.27. The van der Waals surface area contributed by atoms with Gasteiger partial charge in [0, 0.05) is 10.5 Å². The molecule has 1 aromatic heterocycles. The number of aliphatic hydroxyl groups excluding tert-OH is 1. The summed E-state index contributed by atoms with van der Waals surface area (Å²) in [6.07, 6.45) is 3.48. The summed E-state index contributed by atoms with van der Waals surface area (Å²) in [6, 6.07) is 6.41. The van der Waals surface area contributed by atoms with Crippen molar-refractivity contribution in [3.8, 4) is 0 Å². The molecule has 1 heterocycles. The molecule has 0 saturated heterocycles. The highest BCUT2D eigenvalue weighted by Gasteiger charge is 2.23. The number of aliphatic hydroxyl groups is 1. The van der Waals surface area contributed by atoms with Crippen molar-refractivity contribution in [2.45, 2.75) is 37.8 Å². The third-order valence-corrected chi connectivity index (χ3v) is 4.20. The van der Waals surface area contributed by atoms with Gasteiger partial charge in [-0.3, -0.25) is 0 Å². The molecule has 1 aliphatic rings. The lowest BCUT2D eigenvalue weighted by Crippen LogP contribution is -2.21. The molecular formula is C13H16BrN3O. The van der Waals surface area contributed by atoms with Crippen LogP contribution in [-0.2, 0) is 0 Å². The van der Waals surface area contributed by atoms with Gasteiger partial charge in [-0.2, -0.15) is 0 Å². The Hall–Kier alpha value is -1.07. The molecule has 1 saturated carbocycles. The number of anilines is 1. The zero-order valence-electron chi connectivity index (χ0n) is 10.0. The van der Waals surface area contributed by atoms with Gasteiger partial charge in [0.05, 0.1) is 17.1 Å². The summed E-state index contributed by atoms with van der Waals surface area (Å²) in [5, 5.41) is 9.58. The number of benzene rings is 1. The highest BCUT2D eigenvalue weighted by atomic mass is 79.9. The topological polar surface area (TPSA) is 64.1 Å². The van der Waals surface area contributed by atoms with Crippen molar-refractivity contribution < 1.29 is 5.11 Å². The molecule has 1 aromatic carbocycles. The zero-order chi connectivity index (χ0) is 12.7. The Morgan fingerprint density at radius 1 is 1.28 bits per heavy atom. The summed E-state index contributed by atoms with van der Waals surface area (Å²) >= 11 is 3.45. The van der Waals surface area contributed by atoms with Crippen LogP contribution in [0.4, 0.5) is 5.95 Å². The summed E-state index contributed by atoms with van der Waals surface area (Å²) in [4.78, 5) is 4.42. The standard InChI is InChI=1S/C13H16BrN3O/c14-8-1-6-12-11(7-8)16-13(15)17(12)9-2-4-10(18)5-3-9/h1,6-7,9-10,18H,2-5H2,(H2,15,16). The lowest BCUT2D eigenvalue weighted by atomic mass is 9.93. The third kappa shape index (κ3) is 2.01. The molecule has 3 N–H and O–H groups in total. The van der Waals surface area contributed by atoms with Crippen molar-refractivity contribution in [1.82, 2.24) is 9.55 Å². The Balaban J connectivity index is 2.03. The number of hydrogen-bond donors (Lipinski definition) is 2. The van der Waals surface area contributed by atoms with Crippen LogP contribution in [-0.4, -0.2) is 20.8 Å². The Morgan fingerprint density at radius 3 is 2.72 bits per heavy atom. The van der Waals surface area contributed by atoms with Crippen molar-refractivity contribution in [2.75, 3.05) is 5.73 Å². The van der Waals surface area contributed by atoms with Gasteiger partial charge in [0.15, 0.2) is 0 Å². The number of hydrogen-bond acceptors (Lipinski definition) is 3. The van der Waals surface area contributed by atoms with E-state index in [-0.39, 0.29) is 6.10 Å². The van der Waals surface area contributed by atoms with Crippen LogP contribution in [0, 0.1) is 0 Å². The highest BCUT2D eigenvalue weighted by molar-refractivity contribution is 9.10. The Labute approximate surface area is 114 Å². The van der Waals surface area contributed by atoms with Crippen LogP contribution in [0.15, 0.2) is 22.7 Å². The Kier molecular flexibility index (Phi) is 3.03. The molecular weight excluding hydrogens is 294 g/mol. The van der Waals surface area contributed by atoms with Crippen LogP contribution < -0.4 is 5.73 Å². The number of fused-ring (bicyclic) bond motifs is 1. The van der Waals surface area contributed by atoms with Crippen molar-refractivity contribution in [3.63, 3.8) is 0 Å². The fourth-order valence-corrected chi connectivity index (χ4v) is 3.14. The fraction of sp³-hybridized carbons (Fsp3) is 0.462. The summed E-state index contributed by atoms with van der Waals surface area (Å²) in [6.45, 7) is 0. The molecule has 0 amide bonds. The number of nitrogens with zero attached hydrogens (tertiary/aromatic N) is 2. The largest absolute Gasteiger partial charge is 0.393 e. The van der Waals surface area contributed by atoms with Crippen LogP contribution >= 0.6 is 15.9 Å². The maximum Gasteiger partial charge on any atom is 0.201 e. The second-order valence-corrected chi connectivity index (χ2v) is 5.85. The first-order chi connectivity index (χ1) is 8.65. The molecule has 0 unspecified atom stereocenters. The molecule has 0 atom stereocenters. The second-order valence-electron chi connectivity index (χ2n) is 4.94. The SMILES string of the molecule is Nc1nc2cc(Br)ccc2n1C1CCC(O)CC1. The fourth-order valence-electron chi connectivity index (χ4n) is 2.79. The van der Waals surface area contributed by atoms with Crippen LogP contribution in [0.5, 0.6) is 0 Å². The number of aromatic nitrogens is 2. The van der Waals surface area contributed by atoms with Crippen molar-refractivity contribution in [3.05, 3.63) is 22.7 Å². The van der Waals surface area contributed by atoms with Gasteiger partial charge in [-0.1, -0.05) is 15.9 Å². The van der Waals surface area contributed by atoms with E-state index >= 15 is 0 Å². The molecule has 5 heteroatoms. The number of nitrogens with two attached hydrogens (primary N) is 1. The average molecular weight is 310 g/mol. The summed E-state index contributed by atoms with van der Waals surface area (Å²) in [5.41, 5.74) is 8.05. The minimum atomic E-state index is -0.147. The number of imidazole rings is 1. The smallest absolute Gasteiger partial charge is 0.201 e. The van der Waals surface area contributed by atoms with E-state index < -0.39 is 0 Å². The highest BCUT2D eigenvalue weighted by Crippen LogP contribution is 2.34. The molecule has 0 spiro atoms. The number of halogens is 1. The molecule has 18 heavy (non-hydrogen) atoms. The first-order valence-corrected chi connectivity index (χ1v) is 7.05. The molecule has 0 aliphatic heterocycles.